The molecule has 1 aromatic carbocycles. The Morgan fingerprint density at radius 3 is 2.70 bits per heavy atom. The number of carbonyl (C=O) groups is 2. The zero-order valence-corrected chi connectivity index (χ0v) is 11.7. The van der Waals surface area contributed by atoms with E-state index in [0.717, 1.165) is 5.56 Å². The van der Waals surface area contributed by atoms with Gasteiger partial charge in [0.05, 0.1) is 0 Å². The number of aliphatic hydroxyl groups excluding tert-OH is 1. The molecule has 0 unspecified atom stereocenters. The molecule has 110 valence electrons. The van der Waals surface area contributed by atoms with Gasteiger partial charge in [-0.1, -0.05) is 11.6 Å². The third-order valence-electron chi connectivity index (χ3n) is 2.55. The van der Waals surface area contributed by atoms with Crippen molar-refractivity contribution in [1.29, 1.82) is 0 Å². The minimum atomic E-state index is -1.20. The van der Waals surface area contributed by atoms with Gasteiger partial charge in [-0.2, -0.15) is 0 Å². The number of carboxylic acids is 1. The number of carboxylic acid groups (broad SMARTS) is 1. The second-order valence-electron chi connectivity index (χ2n) is 4.17. The van der Waals surface area contributed by atoms with Gasteiger partial charge < -0.3 is 20.3 Å². The lowest BCUT2D eigenvalue weighted by Crippen LogP contribution is -2.43. The number of rotatable bonds is 7. The molecule has 0 saturated heterocycles. The number of halogens is 1. The number of nitrogens with one attached hydrogen (secondary N) is 1. The van der Waals surface area contributed by atoms with Crippen molar-refractivity contribution in [1.82, 2.24) is 5.32 Å². The largest absolute Gasteiger partial charge is 0.484 e. The first kappa shape index (κ1) is 16.3. The maximum absolute atomic E-state index is 11.6. The predicted octanol–water partition coefficient (Wildman–Crippen LogP) is 0.979. The lowest BCUT2D eigenvalue weighted by molar-refractivity contribution is -0.142. The van der Waals surface area contributed by atoms with Crippen LogP contribution in [0, 0.1) is 6.92 Å². The fourth-order valence-electron chi connectivity index (χ4n) is 1.54. The maximum atomic E-state index is 11.6. The summed E-state index contributed by atoms with van der Waals surface area (Å²) in [7, 11) is 0. The summed E-state index contributed by atoms with van der Waals surface area (Å²) in [4.78, 5) is 22.4. The van der Waals surface area contributed by atoms with E-state index in [-0.39, 0.29) is 19.6 Å². The summed E-state index contributed by atoms with van der Waals surface area (Å²) in [5, 5.41) is 20.4. The quantitative estimate of drug-likeness (QED) is 0.697. The van der Waals surface area contributed by atoms with Gasteiger partial charge in [0.25, 0.3) is 5.91 Å². The lowest BCUT2D eigenvalue weighted by atomic mass is 10.2. The molecule has 0 aliphatic heterocycles. The number of hydrogen-bond acceptors (Lipinski definition) is 4. The van der Waals surface area contributed by atoms with Crippen LogP contribution in [0.5, 0.6) is 5.75 Å². The van der Waals surface area contributed by atoms with Gasteiger partial charge in [-0.15, -0.1) is 0 Å². The second-order valence-corrected chi connectivity index (χ2v) is 4.61. The highest BCUT2D eigenvalue weighted by Crippen LogP contribution is 2.21. The molecule has 0 aliphatic rings. The summed E-state index contributed by atoms with van der Waals surface area (Å²) in [5.74, 6) is -1.27. The molecule has 1 rings (SSSR count). The van der Waals surface area contributed by atoms with Crippen LogP contribution in [0.15, 0.2) is 18.2 Å². The summed E-state index contributed by atoms with van der Waals surface area (Å²) in [6.07, 6.45) is -0.0545. The zero-order chi connectivity index (χ0) is 15.1. The highest BCUT2D eigenvalue weighted by molar-refractivity contribution is 6.30. The molecule has 0 aromatic heterocycles. The second kappa shape index (κ2) is 7.72. The Hall–Kier alpha value is -1.79. The van der Waals surface area contributed by atoms with Crippen molar-refractivity contribution in [3.05, 3.63) is 28.8 Å². The summed E-state index contributed by atoms with van der Waals surface area (Å²) >= 11 is 5.79. The minimum absolute atomic E-state index is 0.0545. The van der Waals surface area contributed by atoms with Gasteiger partial charge in [-0.3, -0.25) is 4.79 Å². The standard InChI is InChI=1S/C13H16ClNO5/c1-8-6-9(14)2-3-11(8)20-7-12(17)15-10(4-5-16)13(18)19/h2-3,6,10,16H,4-5,7H2,1H3,(H,15,17)(H,18,19)/t10-/m0/s1. The Labute approximate surface area is 121 Å². The molecule has 20 heavy (non-hydrogen) atoms. The molecule has 0 bridgehead atoms. The number of benzene rings is 1. The molecule has 0 fully saturated rings. The van der Waals surface area contributed by atoms with Gasteiger partial charge in [0.2, 0.25) is 0 Å². The molecule has 0 heterocycles. The monoisotopic (exact) mass is 301 g/mol. The summed E-state index contributed by atoms with van der Waals surface area (Å²) in [6.45, 7) is 1.15. The van der Waals surface area contributed by atoms with E-state index in [1.54, 1.807) is 25.1 Å². The zero-order valence-electron chi connectivity index (χ0n) is 10.9. The van der Waals surface area contributed by atoms with Crippen molar-refractivity contribution in [3.63, 3.8) is 0 Å². The lowest BCUT2D eigenvalue weighted by Gasteiger charge is -2.14. The van der Waals surface area contributed by atoms with Crippen molar-refractivity contribution < 1.29 is 24.5 Å². The Kier molecular flexibility index (Phi) is 6.27. The van der Waals surface area contributed by atoms with Crippen LogP contribution in [0.4, 0.5) is 0 Å². The van der Waals surface area contributed by atoms with Gasteiger partial charge in [-0.05, 0) is 30.7 Å². The average molecular weight is 302 g/mol. The molecule has 6 nitrogen and oxygen atoms in total. The van der Waals surface area contributed by atoms with Gasteiger partial charge >= 0.3 is 5.97 Å². The van der Waals surface area contributed by atoms with Crippen LogP contribution < -0.4 is 10.1 Å². The third kappa shape index (κ3) is 5.07. The SMILES string of the molecule is Cc1cc(Cl)ccc1OCC(=O)N[C@@H](CCO)C(=O)O. The molecule has 0 spiro atoms. The van der Waals surface area contributed by atoms with Crippen molar-refractivity contribution in [2.75, 3.05) is 13.2 Å². The predicted molar refractivity (Wildman–Crippen MR) is 73.0 cm³/mol. The molecule has 1 amide bonds. The van der Waals surface area contributed by atoms with Crippen molar-refractivity contribution >= 4 is 23.5 Å². The van der Waals surface area contributed by atoms with Crippen LogP contribution >= 0.6 is 11.6 Å². The van der Waals surface area contributed by atoms with Gasteiger partial charge in [0, 0.05) is 18.1 Å². The van der Waals surface area contributed by atoms with Crippen LogP contribution in [0.25, 0.3) is 0 Å². The smallest absolute Gasteiger partial charge is 0.326 e. The number of aryl methyl sites for hydroxylation is 1. The highest BCUT2D eigenvalue weighted by Gasteiger charge is 2.19. The first-order valence-corrected chi connectivity index (χ1v) is 6.34. The first-order chi connectivity index (χ1) is 9.43. The Morgan fingerprint density at radius 2 is 2.15 bits per heavy atom. The maximum Gasteiger partial charge on any atom is 0.326 e. The normalized spacial score (nSPS) is 11.8. The Morgan fingerprint density at radius 1 is 1.45 bits per heavy atom. The van der Waals surface area contributed by atoms with E-state index in [1.807, 2.05) is 0 Å². The number of carbonyl (C=O) groups excluding carboxylic acids is 1. The number of hydrogen-bond donors (Lipinski definition) is 3. The average Bonchev–Trinajstić information content (AvgIpc) is 2.37. The van der Waals surface area contributed by atoms with E-state index in [2.05, 4.69) is 5.32 Å². The molecule has 7 heteroatoms. The summed E-state index contributed by atoms with van der Waals surface area (Å²) in [5.41, 5.74) is 0.774. The topological polar surface area (TPSA) is 95.9 Å². The fourth-order valence-corrected chi connectivity index (χ4v) is 1.77. The van der Waals surface area contributed by atoms with E-state index in [0.29, 0.717) is 10.8 Å². The van der Waals surface area contributed by atoms with Crippen LogP contribution in [0.1, 0.15) is 12.0 Å². The highest BCUT2D eigenvalue weighted by atomic mass is 35.5. The van der Waals surface area contributed by atoms with Crippen molar-refractivity contribution in [2.24, 2.45) is 0 Å². The van der Waals surface area contributed by atoms with Gasteiger partial charge in [-0.25, -0.2) is 4.79 Å². The van der Waals surface area contributed by atoms with Crippen molar-refractivity contribution in [3.8, 4) is 5.75 Å². The molecule has 1 atom stereocenters. The third-order valence-corrected chi connectivity index (χ3v) is 2.78. The molecule has 0 saturated carbocycles. The van der Waals surface area contributed by atoms with Gasteiger partial charge in [0.15, 0.2) is 6.61 Å². The van der Waals surface area contributed by atoms with Crippen LogP contribution in [-0.2, 0) is 9.59 Å². The molecular weight excluding hydrogens is 286 g/mol. The van der Waals surface area contributed by atoms with E-state index in [9.17, 15) is 9.59 Å². The Balaban J connectivity index is 2.52. The first-order valence-electron chi connectivity index (χ1n) is 5.96. The van der Waals surface area contributed by atoms with E-state index in [4.69, 9.17) is 26.6 Å². The summed E-state index contributed by atoms with van der Waals surface area (Å²) < 4.78 is 5.29. The number of aliphatic carboxylic acids is 1. The molecule has 0 radical (unpaired) electrons. The summed E-state index contributed by atoms with van der Waals surface area (Å²) in [6, 6.07) is 3.84. The van der Waals surface area contributed by atoms with E-state index < -0.39 is 17.9 Å². The van der Waals surface area contributed by atoms with E-state index in [1.165, 1.54) is 0 Å². The number of ether oxygens (including phenoxy) is 1. The molecule has 0 aliphatic carbocycles. The van der Waals surface area contributed by atoms with E-state index >= 15 is 0 Å². The van der Waals surface area contributed by atoms with Crippen LogP contribution in [0.3, 0.4) is 0 Å². The number of amides is 1. The van der Waals surface area contributed by atoms with Crippen molar-refractivity contribution in [2.45, 2.75) is 19.4 Å². The fraction of sp³-hybridized carbons (Fsp3) is 0.385. The van der Waals surface area contributed by atoms with Crippen LogP contribution in [0.2, 0.25) is 5.02 Å². The number of aliphatic hydroxyl groups is 1. The van der Waals surface area contributed by atoms with Crippen LogP contribution in [-0.4, -0.2) is 41.3 Å². The molecule has 1 aromatic rings. The Bertz CT molecular complexity index is 492. The molecular formula is C13H16ClNO5. The molecule has 3 N–H and O–H groups in total. The minimum Gasteiger partial charge on any atom is -0.484 e. The van der Waals surface area contributed by atoms with Gasteiger partial charge in [0.1, 0.15) is 11.8 Å².